The molecule has 0 radical (unpaired) electrons. The van der Waals surface area contributed by atoms with Gasteiger partial charge in [-0.05, 0) is 66.8 Å². The number of fused-ring (bicyclic) bond motifs is 1. The van der Waals surface area contributed by atoms with E-state index in [4.69, 9.17) is 27.9 Å². The van der Waals surface area contributed by atoms with E-state index in [1.54, 1.807) is 37.4 Å². The second-order valence-corrected chi connectivity index (χ2v) is 8.34. The van der Waals surface area contributed by atoms with Gasteiger partial charge in [-0.15, -0.1) is 0 Å². The third-order valence-electron chi connectivity index (χ3n) is 5.35. The molecule has 32 heavy (non-hydrogen) atoms. The number of nitrogens with zero attached hydrogens (tertiary/aromatic N) is 1. The lowest BCUT2D eigenvalue weighted by atomic mass is 9.88. The van der Waals surface area contributed by atoms with E-state index in [9.17, 15) is 9.59 Å². The quantitative estimate of drug-likeness (QED) is 0.560. The van der Waals surface area contributed by atoms with Gasteiger partial charge in [-0.1, -0.05) is 29.3 Å². The van der Waals surface area contributed by atoms with Crippen molar-refractivity contribution in [3.8, 4) is 11.5 Å². The largest absolute Gasteiger partial charge is 0.457 e. The molecule has 3 aromatic rings. The zero-order valence-corrected chi connectivity index (χ0v) is 18.8. The van der Waals surface area contributed by atoms with Crippen molar-refractivity contribution in [2.24, 2.45) is 0 Å². The van der Waals surface area contributed by atoms with Gasteiger partial charge in [0, 0.05) is 30.9 Å². The molecule has 4 rings (SSSR count). The summed E-state index contributed by atoms with van der Waals surface area (Å²) in [6, 6.07) is 14.1. The van der Waals surface area contributed by atoms with Gasteiger partial charge < -0.3 is 15.4 Å². The van der Waals surface area contributed by atoms with Crippen LogP contribution in [-0.4, -0.2) is 29.9 Å². The number of halogens is 2. The zero-order chi connectivity index (χ0) is 22.7. The Kier molecular flexibility index (Phi) is 6.63. The second-order valence-electron chi connectivity index (χ2n) is 7.53. The van der Waals surface area contributed by atoms with Gasteiger partial charge >= 0.3 is 0 Å². The predicted octanol–water partition coefficient (Wildman–Crippen LogP) is 4.83. The Bertz CT molecular complexity index is 1180. The maximum absolute atomic E-state index is 12.6. The van der Waals surface area contributed by atoms with Crippen molar-refractivity contribution < 1.29 is 14.3 Å². The molecule has 164 valence electrons. The number of hydrogen-bond acceptors (Lipinski definition) is 4. The minimum absolute atomic E-state index is 0.000446. The van der Waals surface area contributed by atoms with Crippen LogP contribution in [0.1, 0.15) is 38.4 Å². The predicted molar refractivity (Wildman–Crippen MR) is 124 cm³/mol. The molecule has 1 heterocycles. The maximum atomic E-state index is 12.6. The molecule has 0 saturated heterocycles. The highest BCUT2D eigenvalue weighted by Crippen LogP contribution is 2.29. The van der Waals surface area contributed by atoms with Crippen LogP contribution in [0.25, 0.3) is 0 Å². The number of aryl methyl sites for hydroxylation is 1. The minimum atomic E-state index is -0.276. The van der Waals surface area contributed by atoms with Gasteiger partial charge in [-0.3, -0.25) is 14.6 Å². The fourth-order valence-corrected chi connectivity index (χ4v) is 3.99. The first-order chi connectivity index (χ1) is 15.4. The van der Waals surface area contributed by atoms with E-state index in [1.165, 1.54) is 11.8 Å². The topological polar surface area (TPSA) is 80.3 Å². The summed E-state index contributed by atoms with van der Waals surface area (Å²) in [6.45, 7) is 0. The summed E-state index contributed by atoms with van der Waals surface area (Å²) in [5, 5.41) is 6.40. The average molecular weight is 470 g/mol. The fourth-order valence-electron chi connectivity index (χ4n) is 3.69. The van der Waals surface area contributed by atoms with Crippen LogP contribution in [0.2, 0.25) is 10.0 Å². The van der Waals surface area contributed by atoms with E-state index < -0.39 is 0 Å². The van der Waals surface area contributed by atoms with E-state index in [-0.39, 0.29) is 23.6 Å². The van der Waals surface area contributed by atoms with Gasteiger partial charge in [-0.25, -0.2) is 0 Å². The molecule has 2 aromatic carbocycles. The summed E-state index contributed by atoms with van der Waals surface area (Å²) in [5.41, 5.74) is 3.12. The zero-order valence-electron chi connectivity index (χ0n) is 17.3. The number of nitrogens with one attached hydrogen (secondary N) is 2. The lowest BCUT2D eigenvalue weighted by Gasteiger charge is -2.26. The third-order valence-corrected chi connectivity index (χ3v) is 6.09. The average Bonchev–Trinajstić information content (AvgIpc) is 2.80. The smallest absolute Gasteiger partial charge is 0.269 e. The number of carbonyl (C=O) groups excluding carboxylic acids is 2. The molecule has 0 fully saturated rings. The lowest BCUT2D eigenvalue weighted by Crippen LogP contribution is -2.38. The molecule has 6 nitrogen and oxygen atoms in total. The highest BCUT2D eigenvalue weighted by molar-refractivity contribution is 6.42. The van der Waals surface area contributed by atoms with Crippen LogP contribution in [0.4, 0.5) is 0 Å². The first kappa shape index (κ1) is 22.1. The Labute approximate surface area is 195 Å². The Balaban J connectivity index is 1.45. The highest BCUT2D eigenvalue weighted by Gasteiger charge is 2.22. The lowest BCUT2D eigenvalue weighted by molar-refractivity contribution is 0.0931. The van der Waals surface area contributed by atoms with Crippen molar-refractivity contribution >= 4 is 35.0 Å². The molecule has 0 saturated carbocycles. The van der Waals surface area contributed by atoms with Crippen LogP contribution in [-0.2, 0) is 12.8 Å². The van der Waals surface area contributed by atoms with Crippen LogP contribution in [0.15, 0.2) is 54.7 Å². The molecule has 0 aliphatic heterocycles. The molecule has 1 aliphatic carbocycles. The number of amides is 2. The van der Waals surface area contributed by atoms with Gasteiger partial charge in [0.05, 0.1) is 10.0 Å². The molecule has 0 spiro atoms. The maximum Gasteiger partial charge on any atom is 0.269 e. The minimum Gasteiger partial charge on any atom is -0.457 e. The number of hydrogen-bond donors (Lipinski definition) is 2. The number of benzene rings is 2. The first-order valence-corrected chi connectivity index (χ1v) is 10.9. The molecular formula is C24H21Cl2N3O3. The van der Waals surface area contributed by atoms with Gasteiger partial charge in [0.25, 0.3) is 11.8 Å². The Morgan fingerprint density at radius 3 is 2.56 bits per heavy atom. The number of carbonyl (C=O) groups is 2. The number of pyridine rings is 1. The summed E-state index contributed by atoms with van der Waals surface area (Å²) < 4.78 is 5.96. The molecular weight excluding hydrogens is 449 g/mol. The molecule has 2 N–H and O–H groups in total. The first-order valence-electron chi connectivity index (χ1n) is 10.2. The van der Waals surface area contributed by atoms with Crippen molar-refractivity contribution in [2.75, 3.05) is 7.05 Å². The van der Waals surface area contributed by atoms with E-state index in [2.05, 4.69) is 15.6 Å². The number of aromatic nitrogens is 1. The Morgan fingerprint density at radius 1 is 0.969 bits per heavy atom. The normalized spacial score (nSPS) is 14.9. The molecule has 1 atom stereocenters. The van der Waals surface area contributed by atoms with Gasteiger partial charge in [-0.2, -0.15) is 0 Å². The van der Waals surface area contributed by atoms with Gasteiger partial charge in [0.2, 0.25) is 0 Å². The van der Waals surface area contributed by atoms with E-state index in [0.29, 0.717) is 33.5 Å². The SMILES string of the molecule is CNC(=O)c1cc(Oc2ccc3c(c2)CC(NC(=O)c2ccc(Cl)c(Cl)c2)CC3)ccn1. The van der Waals surface area contributed by atoms with E-state index in [0.717, 1.165) is 18.4 Å². The third kappa shape index (κ3) is 5.03. The highest BCUT2D eigenvalue weighted by atomic mass is 35.5. The second kappa shape index (κ2) is 9.59. The standard InChI is InChI=1S/C24H21Cl2N3O3/c1-27-24(31)22-13-19(8-9-28-22)32-18-6-3-14-2-5-17(10-16(14)11-18)29-23(30)15-4-7-20(25)21(26)12-15/h3-4,6-9,11-13,17H,2,5,10H2,1H3,(H,27,31)(H,29,30). The van der Waals surface area contributed by atoms with Gasteiger partial charge in [0.1, 0.15) is 17.2 Å². The van der Waals surface area contributed by atoms with E-state index >= 15 is 0 Å². The summed E-state index contributed by atoms with van der Waals surface area (Å²) in [4.78, 5) is 28.5. The summed E-state index contributed by atoms with van der Waals surface area (Å²) >= 11 is 12.0. The number of ether oxygens (including phenoxy) is 1. The van der Waals surface area contributed by atoms with Crippen LogP contribution in [0.3, 0.4) is 0 Å². The molecule has 1 aliphatic rings. The van der Waals surface area contributed by atoms with Crippen LogP contribution < -0.4 is 15.4 Å². The van der Waals surface area contributed by atoms with Crippen molar-refractivity contribution in [3.05, 3.63) is 87.2 Å². The van der Waals surface area contributed by atoms with Crippen molar-refractivity contribution in [3.63, 3.8) is 0 Å². The summed E-state index contributed by atoms with van der Waals surface area (Å²) in [5.74, 6) is 0.734. The van der Waals surface area contributed by atoms with Gasteiger partial charge in [0.15, 0.2) is 0 Å². The summed E-state index contributed by atoms with van der Waals surface area (Å²) in [7, 11) is 1.55. The van der Waals surface area contributed by atoms with Crippen molar-refractivity contribution in [1.82, 2.24) is 15.6 Å². The molecule has 8 heteroatoms. The molecule has 1 unspecified atom stereocenters. The van der Waals surface area contributed by atoms with Crippen molar-refractivity contribution in [2.45, 2.75) is 25.3 Å². The monoisotopic (exact) mass is 469 g/mol. The fraction of sp³-hybridized carbons (Fsp3) is 0.208. The Hall–Kier alpha value is -3.09. The molecule has 2 amide bonds. The summed E-state index contributed by atoms with van der Waals surface area (Å²) in [6.07, 6.45) is 3.93. The Morgan fingerprint density at radius 2 is 1.78 bits per heavy atom. The van der Waals surface area contributed by atoms with Crippen LogP contribution in [0, 0.1) is 0 Å². The molecule has 1 aromatic heterocycles. The van der Waals surface area contributed by atoms with E-state index in [1.807, 2.05) is 18.2 Å². The number of rotatable bonds is 5. The molecule has 0 bridgehead atoms. The van der Waals surface area contributed by atoms with Crippen molar-refractivity contribution in [1.29, 1.82) is 0 Å². The van der Waals surface area contributed by atoms with Crippen LogP contribution in [0.5, 0.6) is 11.5 Å². The van der Waals surface area contributed by atoms with Crippen LogP contribution >= 0.6 is 23.2 Å².